The number of nitrogens with zero attached hydrogens (tertiary/aromatic N) is 1. The Hall–Kier alpha value is -1.35. The van der Waals surface area contributed by atoms with Gasteiger partial charge in [-0.1, -0.05) is 30.3 Å². The van der Waals surface area contributed by atoms with Crippen LogP contribution in [0, 0.1) is 5.41 Å². The summed E-state index contributed by atoms with van der Waals surface area (Å²) >= 11 is 0. The monoisotopic (exact) mass is 245 g/mol. The van der Waals surface area contributed by atoms with Crippen molar-refractivity contribution in [2.75, 3.05) is 19.7 Å². The van der Waals surface area contributed by atoms with E-state index < -0.39 is 0 Å². The predicted octanol–water partition coefficient (Wildman–Crippen LogP) is 2.22. The van der Waals surface area contributed by atoms with E-state index in [1.807, 2.05) is 6.07 Å². The SMILES string of the molecule is O=C1OCCC12CCN(Cc1ccccc1)CC2. The fourth-order valence-corrected chi connectivity index (χ4v) is 3.03. The lowest BCUT2D eigenvalue weighted by molar-refractivity contribution is -0.148. The molecule has 3 heteroatoms. The molecule has 0 saturated carbocycles. The summed E-state index contributed by atoms with van der Waals surface area (Å²) in [6, 6.07) is 10.5. The summed E-state index contributed by atoms with van der Waals surface area (Å²) in [6.45, 7) is 3.62. The normalized spacial score (nSPS) is 23.2. The number of piperidine rings is 1. The van der Waals surface area contributed by atoms with Crippen molar-refractivity contribution < 1.29 is 9.53 Å². The van der Waals surface area contributed by atoms with Gasteiger partial charge in [0.25, 0.3) is 0 Å². The van der Waals surface area contributed by atoms with E-state index in [0.29, 0.717) is 6.61 Å². The van der Waals surface area contributed by atoms with Gasteiger partial charge < -0.3 is 4.74 Å². The third-order valence-electron chi connectivity index (χ3n) is 4.31. The van der Waals surface area contributed by atoms with Crippen molar-refractivity contribution in [3.8, 4) is 0 Å². The molecule has 2 heterocycles. The van der Waals surface area contributed by atoms with E-state index in [4.69, 9.17) is 4.74 Å². The first-order chi connectivity index (χ1) is 8.78. The molecule has 96 valence electrons. The first kappa shape index (κ1) is 11.7. The Morgan fingerprint density at radius 1 is 1.11 bits per heavy atom. The number of carbonyl (C=O) groups is 1. The number of hydrogen-bond donors (Lipinski definition) is 0. The van der Waals surface area contributed by atoms with Crippen LogP contribution in [0.1, 0.15) is 24.8 Å². The number of hydrogen-bond acceptors (Lipinski definition) is 3. The highest BCUT2D eigenvalue weighted by molar-refractivity contribution is 5.78. The molecule has 0 atom stereocenters. The first-order valence-corrected chi connectivity index (χ1v) is 6.72. The number of esters is 1. The minimum atomic E-state index is -0.146. The molecule has 18 heavy (non-hydrogen) atoms. The maximum atomic E-state index is 11.8. The summed E-state index contributed by atoms with van der Waals surface area (Å²) < 4.78 is 5.14. The van der Waals surface area contributed by atoms with Crippen LogP contribution >= 0.6 is 0 Å². The van der Waals surface area contributed by atoms with E-state index in [-0.39, 0.29) is 11.4 Å². The van der Waals surface area contributed by atoms with E-state index in [1.165, 1.54) is 5.56 Å². The summed E-state index contributed by atoms with van der Waals surface area (Å²) in [5.41, 5.74) is 1.20. The lowest BCUT2D eigenvalue weighted by Gasteiger charge is -2.36. The Balaban J connectivity index is 1.59. The molecule has 1 spiro atoms. The van der Waals surface area contributed by atoms with Gasteiger partial charge in [-0.2, -0.15) is 0 Å². The lowest BCUT2D eigenvalue weighted by atomic mass is 9.77. The maximum Gasteiger partial charge on any atom is 0.312 e. The van der Waals surface area contributed by atoms with Crippen molar-refractivity contribution in [2.45, 2.75) is 25.8 Å². The maximum absolute atomic E-state index is 11.8. The lowest BCUT2D eigenvalue weighted by Crippen LogP contribution is -2.42. The topological polar surface area (TPSA) is 29.5 Å². The van der Waals surface area contributed by atoms with Crippen LogP contribution in [0.25, 0.3) is 0 Å². The van der Waals surface area contributed by atoms with E-state index in [9.17, 15) is 4.79 Å². The molecular weight excluding hydrogens is 226 g/mol. The highest BCUT2D eigenvalue weighted by atomic mass is 16.5. The standard InChI is InChI=1S/C15H19NO2/c17-14-15(8-11-18-14)6-9-16(10-7-15)12-13-4-2-1-3-5-13/h1-5H,6-12H2. The molecule has 2 aliphatic rings. The molecule has 0 aromatic heterocycles. The van der Waals surface area contributed by atoms with Crippen molar-refractivity contribution in [1.82, 2.24) is 4.90 Å². The molecule has 1 aromatic carbocycles. The van der Waals surface area contributed by atoms with Gasteiger partial charge in [0, 0.05) is 6.54 Å². The van der Waals surface area contributed by atoms with E-state index >= 15 is 0 Å². The summed E-state index contributed by atoms with van der Waals surface area (Å²) in [5, 5.41) is 0. The molecule has 2 saturated heterocycles. The van der Waals surface area contributed by atoms with Gasteiger partial charge >= 0.3 is 5.97 Å². The highest BCUT2D eigenvalue weighted by Gasteiger charge is 2.46. The Labute approximate surface area is 108 Å². The molecule has 2 aliphatic heterocycles. The third-order valence-corrected chi connectivity index (χ3v) is 4.31. The number of likely N-dealkylation sites (tertiary alicyclic amines) is 1. The zero-order valence-corrected chi connectivity index (χ0v) is 10.6. The van der Waals surface area contributed by atoms with Crippen LogP contribution in [0.5, 0.6) is 0 Å². The Morgan fingerprint density at radius 2 is 1.83 bits per heavy atom. The number of carbonyl (C=O) groups excluding carboxylic acids is 1. The summed E-state index contributed by atoms with van der Waals surface area (Å²) in [4.78, 5) is 14.2. The molecule has 0 aliphatic carbocycles. The highest BCUT2D eigenvalue weighted by Crippen LogP contribution is 2.40. The Kier molecular flexibility index (Phi) is 3.08. The van der Waals surface area contributed by atoms with Crippen LogP contribution < -0.4 is 0 Å². The molecule has 1 aromatic rings. The van der Waals surface area contributed by atoms with Crippen LogP contribution in [0.15, 0.2) is 30.3 Å². The van der Waals surface area contributed by atoms with E-state index in [1.54, 1.807) is 0 Å². The third kappa shape index (κ3) is 2.15. The molecule has 3 rings (SSSR count). The summed E-state index contributed by atoms with van der Waals surface area (Å²) in [6.07, 6.45) is 2.84. The van der Waals surface area contributed by atoms with Crippen LogP contribution in [-0.4, -0.2) is 30.6 Å². The largest absolute Gasteiger partial charge is 0.465 e. The fourth-order valence-electron chi connectivity index (χ4n) is 3.03. The Morgan fingerprint density at radius 3 is 2.44 bits per heavy atom. The average molecular weight is 245 g/mol. The van der Waals surface area contributed by atoms with Gasteiger partial charge in [0.05, 0.1) is 12.0 Å². The smallest absolute Gasteiger partial charge is 0.312 e. The second kappa shape index (κ2) is 4.73. The van der Waals surface area contributed by atoms with Gasteiger partial charge in [-0.05, 0) is 37.9 Å². The molecule has 0 radical (unpaired) electrons. The number of cyclic esters (lactones) is 1. The molecule has 0 unspecified atom stereocenters. The van der Waals surface area contributed by atoms with Crippen LogP contribution in [0.4, 0.5) is 0 Å². The van der Waals surface area contributed by atoms with Gasteiger partial charge in [-0.3, -0.25) is 9.69 Å². The average Bonchev–Trinajstić information content (AvgIpc) is 2.75. The van der Waals surface area contributed by atoms with Crippen molar-refractivity contribution in [3.63, 3.8) is 0 Å². The first-order valence-electron chi connectivity index (χ1n) is 6.72. The second-order valence-electron chi connectivity index (χ2n) is 5.43. The zero-order chi connectivity index (χ0) is 12.4. The van der Waals surface area contributed by atoms with E-state index in [0.717, 1.165) is 38.9 Å². The van der Waals surface area contributed by atoms with Gasteiger partial charge in [0.2, 0.25) is 0 Å². The molecule has 0 amide bonds. The van der Waals surface area contributed by atoms with Crippen molar-refractivity contribution in [3.05, 3.63) is 35.9 Å². The minimum Gasteiger partial charge on any atom is -0.465 e. The number of benzene rings is 1. The predicted molar refractivity (Wildman–Crippen MR) is 69.0 cm³/mol. The van der Waals surface area contributed by atoms with Crippen LogP contribution in [0.3, 0.4) is 0 Å². The minimum absolute atomic E-state index is 0.0434. The molecule has 3 nitrogen and oxygen atoms in total. The summed E-state index contributed by atoms with van der Waals surface area (Å²) in [5.74, 6) is 0.0434. The molecule has 2 fully saturated rings. The number of ether oxygens (including phenoxy) is 1. The van der Waals surface area contributed by atoms with Gasteiger partial charge in [-0.25, -0.2) is 0 Å². The zero-order valence-electron chi connectivity index (χ0n) is 10.6. The van der Waals surface area contributed by atoms with Crippen molar-refractivity contribution in [1.29, 1.82) is 0 Å². The van der Waals surface area contributed by atoms with Gasteiger partial charge in [-0.15, -0.1) is 0 Å². The quantitative estimate of drug-likeness (QED) is 0.748. The fraction of sp³-hybridized carbons (Fsp3) is 0.533. The van der Waals surface area contributed by atoms with Crippen molar-refractivity contribution >= 4 is 5.97 Å². The van der Waals surface area contributed by atoms with Crippen molar-refractivity contribution in [2.24, 2.45) is 5.41 Å². The molecule has 0 bridgehead atoms. The second-order valence-corrected chi connectivity index (χ2v) is 5.43. The van der Waals surface area contributed by atoms with E-state index in [2.05, 4.69) is 29.2 Å². The van der Waals surface area contributed by atoms with Gasteiger partial charge in [0.15, 0.2) is 0 Å². The van der Waals surface area contributed by atoms with Crippen LogP contribution in [0.2, 0.25) is 0 Å². The Bertz CT molecular complexity index is 421. The molecular formula is C15H19NO2. The van der Waals surface area contributed by atoms with Crippen LogP contribution in [-0.2, 0) is 16.1 Å². The summed E-state index contributed by atoms with van der Waals surface area (Å²) in [7, 11) is 0. The number of rotatable bonds is 2. The van der Waals surface area contributed by atoms with Gasteiger partial charge in [0.1, 0.15) is 0 Å². The molecule has 0 N–H and O–H groups in total.